The van der Waals surface area contributed by atoms with E-state index in [-0.39, 0.29) is 11.7 Å². The van der Waals surface area contributed by atoms with Crippen molar-refractivity contribution in [3.8, 4) is 5.75 Å². The van der Waals surface area contributed by atoms with E-state index in [9.17, 15) is 9.90 Å². The molecule has 0 saturated carbocycles. The molecule has 1 aliphatic rings. The number of morpholine rings is 1. The van der Waals surface area contributed by atoms with E-state index < -0.39 is 5.60 Å². The van der Waals surface area contributed by atoms with Gasteiger partial charge < -0.3 is 14.7 Å². The molecule has 0 aliphatic carbocycles. The number of phenols is 1. The van der Waals surface area contributed by atoms with Gasteiger partial charge in [0.05, 0.1) is 6.61 Å². The summed E-state index contributed by atoms with van der Waals surface area (Å²) < 4.78 is 5.83. The summed E-state index contributed by atoms with van der Waals surface area (Å²) in [5, 5.41) is 9.60. The zero-order valence-electron chi connectivity index (χ0n) is 10.8. The van der Waals surface area contributed by atoms with Gasteiger partial charge in [0.25, 0.3) is 5.91 Å². The molecule has 1 amide bonds. The van der Waals surface area contributed by atoms with Gasteiger partial charge in [-0.25, -0.2) is 0 Å². The van der Waals surface area contributed by atoms with Gasteiger partial charge in [0.15, 0.2) is 5.60 Å². The van der Waals surface area contributed by atoms with Crippen LogP contribution in [0.25, 0.3) is 0 Å². The van der Waals surface area contributed by atoms with Crippen molar-refractivity contribution in [2.24, 2.45) is 0 Å². The fraction of sp³-hybridized carbons (Fsp3) is 0.500. The van der Waals surface area contributed by atoms with Crippen LogP contribution in [0.5, 0.6) is 5.75 Å². The molecule has 1 aromatic carbocycles. The average Bonchev–Trinajstić information content (AvgIpc) is 2.35. The lowest BCUT2D eigenvalue weighted by Crippen LogP contribution is -2.53. The molecule has 98 valence electrons. The van der Waals surface area contributed by atoms with E-state index in [1.807, 2.05) is 13.0 Å². The van der Waals surface area contributed by atoms with E-state index in [0.29, 0.717) is 19.6 Å². The predicted molar refractivity (Wildman–Crippen MR) is 68.3 cm³/mol. The zero-order valence-corrected chi connectivity index (χ0v) is 10.8. The third-order valence-electron chi connectivity index (χ3n) is 3.38. The first-order valence-electron chi connectivity index (χ1n) is 6.29. The normalized spacial score (nSPS) is 24.3. The van der Waals surface area contributed by atoms with Crippen molar-refractivity contribution in [3.63, 3.8) is 0 Å². The van der Waals surface area contributed by atoms with E-state index in [0.717, 1.165) is 12.0 Å². The number of carbonyl (C=O) groups excluding carboxylic acids is 1. The van der Waals surface area contributed by atoms with Gasteiger partial charge in [0.1, 0.15) is 5.75 Å². The highest BCUT2D eigenvalue weighted by Gasteiger charge is 2.45. The van der Waals surface area contributed by atoms with E-state index in [4.69, 9.17) is 4.74 Å². The fourth-order valence-corrected chi connectivity index (χ4v) is 2.47. The number of rotatable bonds is 3. The summed E-state index contributed by atoms with van der Waals surface area (Å²) >= 11 is 0. The molecule has 1 aliphatic heterocycles. The summed E-state index contributed by atoms with van der Waals surface area (Å²) in [7, 11) is 1.79. The largest absolute Gasteiger partial charge is 0.508 e. The minimum Gasteiger partial charge on any atom is -0.508 e. The van der Waals surface area contributed by atoms with Gasteiger partial charge in [-0.3, -0.25) is 4.79 Å². The maximum atomic E-state index is 12.5. The van der Waals surface area contributed by atoms with Gasteiger partial charge in [-0.2, -0.15) is 0 Å². The molecule has 4 heteroatoms. The maximum absolute atomic E-state index is 12.5. The van der Waals surface area contributed by atoms with Gasteiger partial charge in [0.2, 0.25) is 0 Å². The van der Waals surface area contributed by atoms with Crippen molar-refractivity contribution in [1.29, 1.82) is 0 Å². The predicted octanol–water partition coefficient (Wildman–Crippen LogP) is 1.88. The third-order valence-corrected chi connectivity index (χ3v) is 3.38. The Labute approximate surface area is 107 Å². The lowest BCUT2D eigenvalue weighted by atomic mass is 9.86. The molecule has 1 heterocycles. The summed E-state index contributed by atoms with van der Waals surface area (Å²) in [5.74, 6) is 0.133. The molecule has 0 radical (unpaired) electrons. The second-order valence-electron chi connectivity index (χ2n) is 4.70. The number of likely N-dealkylation sites (N-methyl/N-ethyl adjacent to an activating group) is 1. The van der Waals surface area contributed by atoms with Crippen LogP contribution in [0.2, 0.25) is 0 Å². The third kappa shape index (κ3) is 2.08. The maximum Gasteiger partial charge on any atom is 0.259 e. The van der Waals surface area contributed by atoms with Crippen LogP contribution in [-0.4, -0.2) is 36.1 Å². The van der Waals surface area contributed by atoms with Crippen LogP contribution in [0, 0.1) is 0 Å². The van der Waals surface area contributed by atoms with Gasteiger partial charge in [0, 0.05) is 13.6 Å². The Morgan fingerprint density at radius 3 is 2.94 bits per heavy atom. The molecule has 0 aromatic heterocycles. The van der Waals surface area contributed by atoms with E-state index in [2.05, 4.69) is 0 Å². The van der Waals surface area contributed by atoms with Crippen LogP contribution in [0.15, 0.2) is 24.3 Å². The van der Waals surface area contributed by atoms with Crippen LogP contribution in [0.3, 0.4) is 0 Å². The quantitative estimate of drug-likeness (QED) is 0.889. The highest BCUT2D eigenvalue weighted by molar-refractivity contribution is 5.87. The number of hydrogen-bond acceptors (Lipinski definition) is 3. The van der Waals surface area contributed by atoms with E-state index in [1.165, 1.54) is 0 Å². The molecule has 1 unspecified atom stereocenters. The number of phenolic OH excluding ortho intramolecular Hbond substituents is 1. The van der Waals surface area contributed by atoms with Crippen LogP contribution in [0.4, 0.5) is 0 Å². The molecule has 1 N–H and O–H groups in total. The van der Waals surface area contributed by atoms with Crippen molar-refractivity contribution in [3.05, 3.63) is 29.8 Å². The smallest absolute Gasteiger partial charge is 0.259 e. The van der Waals surface area contributed by atoms with Gasteiger partial charge in [-0.05, 0) is 24.1 Å². The molecule has 2 rings (SSSR count). The fourth-order valence-electron chi connectivity index (χ4n) is 2.47. The topological polar surface area (TPSA) is 49.8 Å². The van der Waals surface area contributed by atoms with Crippen molar-refractivity contribution in [2.45, 2.75) is 25.4 Å². The molecule has 1 fully saturated rings. The number of benzene rings is 1. The van der Waals surface area contributed by atoms with Crippen molar-refractivity contribution in [2.75, 3.05) is 20.2 Å². The summed E-state index contributed by atoms with van der Waals surface area (Å²) in [6.07, 6.45) is 1.47. The zero-order chi connectivity index (χ0) is 13.2. The van der Waals surface area contributed by atoms with Crippen molar-refractivity contribution < 1.29 is 14.6 Å². The first-order valence-corrected chi connectivity index (χ1v) is 6.29. The lowest BCUT2D eigenvalue weighted by Gasteiger charge is -2.40. The van der Waals surface area contributed by atoms with Crippen LogP contribution >= 0.6 is 0 Å². The van der Waals surface area contributed by atoms with Gasteiger partial charge in [-0.1, -0.05) is 25.5 Å². The average molecular weight is 249 g/mol. The highest BCUT2D eigenvalue weighted by Crippen LogP contribution is 2.36. The monoisotopic (exact) mass is 249 g/mol. The number of ether oxygens (including phenoxy) is 1. The highest BCUT2D eigenvalue weighted by atomic mass is 16.5. The summed E-state index contributed by atoms with van der Waals surface area (Å²) in [4.78, 5) is 14.2. The summed E-state index contributed by atoms with van der Waals surface area (Å²) in [5.41, 5.74) is -0.193. The van der Waals surface area contributed by atoms with E-state index in [1.54, 1.807) is 30.1 Å². The summed E-state index contributed by atoms with van der Waals surface area (Å²) in [6, 6.07) is 6.80. The Morgan fingerprint density at radius 1 is 1.50 bits per heavy atom. The Morgan fingerprint density at radius 2 is 2.28 bits per heavy atom. The minimum atomic E-state index is -0.930. The number of aromatic hydroxyl groups is 1. The molecule has 1 atom stereocenters. The first-order chi connectivity index (χ1) is 8.60. The standard InChI is InChI=1S/C14H19NO3/c1-3-7-14(11-5-4-6-12(16)10-11)13(17)15(2)8-9-18-14/h4-6,10,16H,3,7-9H2,1-2H3. The molecule has 0 spiro atoms. The van der Waals surface area contributed by atoms with Crippen LogP contribution < -0.4 is 0 Å². The lowest BCUT2D eigenvalue weighted by molar-refractivity contribution is -0.173. The molecular formula is C14H19NO3. The molecule has 1 saturated heterocycles. The SMILES string of the molecule is CCCC1(c2cccc(O)c2)OCCN(C)C1=O. The molecule has 4 nitrogen and oxygen atoms in total. The van der Waals surface area contributed by atoms with Crippen LogP contribution in [-0.2, 0) is 15.1 Å². The second-order valence-corrected chi connectivity index (χ2v) is 4.70. The minimum absolute atomic E-state index is 0.0267. The Bertz CT molecular complexity index is 442. The van der Waals surface area contributed by atoms with Gasteiger partial charge in [-0.15, -0.1) is 0 Å². The Balaban J connectivity index is 2.46. The summed E-state index contributed by atoms with van der Waals surface area (Å²) in [6.45, 7) is 3.16. The molecule has 18 heavy (non-hydrogen) atoms. The van der Waals surface area contributed by atoms with Crippen LogP contribution in [0.1, 0.15) is 25.3 Å². The van der Waals surface area contributed by atoms with Crippen molar-refractivity contribution >= 4 is 5.91 Å². The molecule has 1 aromatic rings. The number of carbonyl (C=O) groups is 1. The Hall–Kier alpha value is -1.55. The number of amides is 1. The number of hydrogen-bond donors (Lipinski definition) is 1. The number of nitrogens with zero attached hydrogens (tertiary/aromatic N) is 1. The first kappa shape index (κ1) is 12.9. The van der Waals surface area contributed by atoms with Gasteiger partial charge >= 0.3 is 0 Å². The second kappa shape index (κ2) is 4.98. The van der Waals surface area contributed by atoms with E-state index >= 15 is 0 Å². The molecular weight excluding hydrogens is 230 g/mol. The van der Waals surface area contributed by atoms with Crippen molar-refractivity contribution in [1.82, 2.24) is 4.90 Å². The molecule has 0 bridgehead atoms. The Kier molecular flexibility index (Phi) is 3.57.